The van der Waals surface area contributed by atoms with Gasteiger partial charge >= 0.3 is 5.97 Å². The molecule has 20 heavy (non-hydrogen) atoms. The third-order valence-corrected chi connectivity index (χ3v) is 2.89. The zero-order valence-corrected chi connectivity index (χ0v) is 11.1. The molecule has 0 heterocycles. The first-order chi connectivity index (χ1) is 9.58. The Hall–Kier alpha value is -2.62. The highest BCUT2D eigenvalue weighted by Crippen LogP contribution is 2.20. The van der Waals surface area contributed by atoms with Crippen LogP contribution in [0.4, 0.5) is 0 Å². The van der Waals surface area contributed by atoms with Crippen LogP contribution in [0, 0.1) is 6.92 Å². The van der Waals surface area contributed by atoms with Crippen molar-refractivity contribution in [2.75, 3.05) is 0 Å². The highest BCUT2D eigenvalue weighted by atomic mass is 16.5. The van der Waals surface area contributed by atoms with Crippen molar-refractivity contribution in [3.05, 3.63) is 65.7 Å². The monoisotopic (exact) mass is 269 g/mol. The van der Waals surface area contributed by atoms with Crippen LogP contribution in [0.15, 0.2) is 54.6 Å². The van der Waals surface area contributed by atoms with E-state index >= 15 is 0 Å². The number of carbonyl (C=O) groups excluding carboxylic acids is 2. The number of nitrogens with two attached hydrogens (primary N) is 1. The number of primary amides is 1. The van der Waals surface area contributed by atoms with Gasteiger partial charge in [0.1, 0.15) is 5.75 Å². The van der Waals surface area contributed by atoms with E-state index in [9.17, 15) is 9.59 Å². The van der Waals surface area contributed by atoms with Gasteiger partial charge in [0.2, 0.25) is 5.91 Å². The molecule has 0 aliphatic carbocycles. The molecule has 0 radical (unpaired) electrons. The molecule has 2 aromatic carbocycles. The Morgan fingerprint density at radius 2 is 1.60 bits per heavy atom. The molecule has 0 saturated carbocycles. The second-order valence-electron chi connectivity index (χ2n) is 4.48. The first kappa shape index (κ1) is 13.8. The number of amides is 1. The first-order valence-corrected chi connectivity index (χ1v) is 6.20. The second kappa shape index (κ2) is 6.02. The minimum absolute atomic E-state index is 0.391. The lowest BCUT2D eigenvalue weighted by atomic mass is 9.99. The summed E-state index contributed by atoms with van der Waals surface area (Å²) in [6.45, 7) is 1.93. The van der Waals surface area contributed by atoms with Crippen LogP contribution in [0.2, 0.25) is 0 Å². The number of hydrogen-bond donors (Lipinski definition) is 1. The van der Waals surface area contributed by atoms with Gasteiger partial charge in [-0.05, 0) is 24.6 Å². The molecule has 102 valence electrons. The van der Waals surface area contributed by atoms with Crippen LogP contribution >= 0.6 is 0 Å². The molecular formula is C16H15NO3. The Morgan fingerprint density at radius 3 is 2.15 bits per heavy atom. The molecule has 4 nitrogen and oxygen atoms in total. The summed E-state index contributed by atoms with van der Waals surface area (Å²) >= 11 is 0. The van der Waals surface area contributed by atoms with Gasteiger partial charge in [-0.3, -0.25) is 9.59 Å². The van der Waals surface area contributed by atoms with Gasteiger partial charge in [0.05, 0.1) is 0 Å². The van der Waals surface area contributed by atoms with Gasteiger partial charge in [0.15, 0.2) is 5.92 Å². The number of hydrogen-bond acceptors (Lipinski definition) is 3. The Kier molecular flexibility index (Phi) is 4.15. The van der Waals surface area contributed by atoms with Crippen molar-refractivity contribution in [3.63, 3.8) is 0 Å². The van der Waals surface area contributed by atoms with Crippen LogP contribution in [-0.4, -0.2) is 11.9 Å². The van der Waals surface area contributed by atoms with E-state index in [-0.39, 0.29) is 0 Å². The molecule has 2 aromatic rings. The maximum Gasteiger partial charge on any atom is 0.328 e. The van der Waals surface area contributed by atoms with E-state index in [1.807, 2.05) is 19.1 Å². The summed E-state index contributed by atoms with van der Waals surface area (Å²) in [5, 5.41) is 0. The lowest BCUT2D eigenvalue weighted by Crippen LogP contribution is -2.31. The van der Waals surface area contributed by atoms with E-state index in [0.29, 0.717) is 11.3 Å². The number of esters is 1. The molecule has 2 rings (SSSR count). The largest absolute Gasteiger partial charge is 0.426 e. The zero-order valence-electron chi connectivity index (χ0n) is 11.1. The summed E-state index contributed by atoms with van der Waals surface area (Å²) in [5.41, 5.74) is 6.89. The summed E-state index contributed by atoms with van der Waals surface area (Å²) in [6, 6.07) is 15.6. The number of carbonyl (C=O) groups is 2. The topological polar surface area (TPSA) is 69.4 Å². The van der Waals surface area contributed by atoms with Gasteiger partial charge in [0, 0.05) is 0 Å². The average Bonchev–Trinajstić information content (AvgIpc) is 2.42. The van der Waals surface area contributed by atoms with E-state index in [0.717, 1.165) is 5.56 Å². The fourth-order valence-electron chi connectivity index (χ4n) is 1.84. The number of aryl methyl sites for hydroxylation is 1. The highest BCUT2D eigenvalue weighted by Gasteiger charge is 2.28. The van der Waals surface area contributed by atoms with Gasteiger partial charge in [-0.1, -0.05) is 48.0 Å². The van der Waals surface area contributed by atoms with E-state index in [1.54, 1.807) is 42.5 Å². The predicted octanol–water partition coefficient (Wildman–Crippen LogP) is 2.17. The van der Waals surface area contributed by atoms with E-state index < -0.39 is 17.8 Å². The fraction of sp³-hybridized carbons (Fsp3) is 0.125. The summed E-state index contributed by atoms with van der Waals surface area (Å²) < 4.78 is 5.21. The molecule has 0 fully saturated rings. The molecule has 0 spiro atoms. The molecule has 0 aliphatic rings. The van der Waals surface area contributed by atoms with Crippen LogP contribution < -0.4 is 10.5 Å². The highest BCUT2D eigenvalue weighted by molar-refractivity contribution is 6.03. The van der Waals surface area contributed by atoms with Gasteiger partial charge < -0.3 is 10.5 Å². The van der Waals surface area contributed by atoms with E-state index in [4.69, 9.17) is 10.5 Å². The first-order valence-electron chi connectivity index (χ1n) is 6.20. The average molecular weight is 269 g/mol. The number of ether oxygens (including phenoxy) is 1. The van der Waals surface area contributed by atoms with Gasteiger partial charge in [-0.15, -0.1) is 0 Å². The number of benzene rings is 2. The van der Waals surface area contributed by atoms with Gasteiger partial charge in [-0.2, -0.15) is 0 Å². The van der Waals surface area contributed by atoms with Crippen LogP contribution in [0.25, 0.3) is 0 Å². The lowest BCUT2D eigenvalue weighted by Gasteiger charge is -2.13. The smallest absolute Gasteiger partial charge is 0.328 e. The second-order valence-corrected chi connectivity index (χ2v) is 4.48. The molecule has 0 aliphatic heterocycles. The normalized spacial score (nSPS) is 11.7. The van der Waals surface area contributed by atoms with Crippen molar-refractivity contribution in [2.45, 2.75) is 12.8 Å². The van der Waals surface area contributed by atoms with Gasteiger partial charge in [0.25, 0.3) is 0 Å². The Labute approximate surface area is 117 Å². The van der Waals surface area contributed by atoms with Crippen molar-refractivity contribution in [2.24, 2.45) is 5.73 Å². The van der Waals surface area contributed by atoms with Crippen molar-refractivity contribution in [1.82, 2.24) is 0 Å². The third kappa shape index (κ3) is 3.23. The van der Waals surface area contributed by atoms with Crippen molar-refractivity contribution >= 4 is 11.9 Å². The van der Waals surface area contributed by atoms with Crippen molar-refractivity contribution < 1.29 is 14.3 Å². The molecule has 1 atom stereocenters. The predicted molar refractivity (Wildman–Crippen MR) is 75.2 cm³/mol. The Balaban J connectivity index is 2.20. The maximum atomic E-state index is 12.1. The Morgan fingerprint density at radius 1 is 1.00 bits per heavy atom. The molecule has 0 bridgehead atoms. The van der Waals surface area contributed by atoms with Crippen LogP contribution in [0.1, 0.15) is 17.0 Å². The Bertz CT molecular complexity index is 605. The number of rotatable bonds is 4. The van der Waals surface area contributed by atoms with Crippen LogP contribution in [0.3, 0.4) is 0 Å². The third-order valence-electron chi connectivity index (χ3n) is 2.89. The SMILES string of the molecule is Cc1ccc(OC(=O)C(C(N)=O)c2ccccc2)cc1. The zero-order chi connectivity index (χ0) is 14.5. The minimum Gasteiger partial charge on any atom is -0.426 e. The van der Waals surface area contributed by atoms with E-state index in [2.05, 4.69) is 0 Å². The summed E-state index contributed by atoms with van der Waals surface area (Å²) in [5.74, 6) is -2.11. The van der Waals surface area contributed by atoms with E-state index in [1.165, 1.54) is 0 Å². The molecule has 0 saturated heterocycles. The molecule has 1 unspecified atom stereocenters. The van der Waals surface area contributed by atoms with Crippen molar-refractivity contribution in [1.29, 1.82) is 0 Å². The summed E-state index contributed by atoms with van der Waals surface area (Å²) in [7, 11) is 0. The quantitative estimate of drug-likeness (QED) is 0.525. The fourth-order valence-corrected chi connectivity index (χ4v) is 1.84. The van der Waals surface area contributed by atoms with Crippen LogP contribution in [-0.2, 0) is 9.59 Å². The molecule has 1 amide bonds. The molecule has 0 aromatic heterocycles. The minimum atomic E-state index is -1.10. The summed E-state index contributed by atoms with van der Waals surface area (Å²) in [6.07, 6.45) is 0. The van der Waals surface area contributed by atoms with Crippen molar-refractivity contribution in [3.8, 4) is 5.75 Å². The lowest BCUT2D eigenvalue weighted by molar-refractivity contribution is -0.140. The summed E-state index contributed by atoms with van der Waals surface area (Å²) in [4.78, 5) is 23.6. The maximum absolute atomic E-state index is 12.1. The van der Waals surface area contributed by atoms with Gasteiger partial charge in [-0.25, -0.2) is 0 Å². The van der Waals surface area contributed by atoms with Crippen LogP contribution in [0.5, 0.6) is 5.75 Å². The molecule has 2 N–H and O–H groups in total. The standard InChI is InChI=1S/C16H15NO3/c1-11-7-9-13(10-8-11)20-16(19)14(15(17)18)12-5-3-2-4-6-12/h2-10,14H,1H3,(H2,17,18). The molecular weight excluding hydrogens is 254 g/mol. The molecule has 4 heteroatoms.